The van der Waals surface area contributed by atoms with Gasteiger partial charge in [0, 0.05) is 30.3 Å². The number of methoxy groups -OCH3 is 1. The molecule has 0 amide bonds. The molecule has 1 aromatic rings. The molecule has 1 fully saturated rings. The van der Waals surface area contributed by atoms with Gasteiger partial charge in [0.15, 0.2) is 0 Å². The topological polar surface area (TPSA) is 58.8 Å². The van der Waals surface area contributed by atoms with Crippen LogP contribution in [0.25, 0.3) is 0 Å². The van der Waals surface area contributed by atoms with Crippen LogP contribution in [-0.4, -0.2) is 67.2 Å². The molecular formula is C24H29ClN4O2. The number of nitrogens with zero attached hydrogens (tertiary/aromatic N) is 4. The summed E-state index contributed by atoms with van der Waals surface area (Å²) >= 11 is 6.32. The minimum Gasteiger partial charge on any atom is -0.496 e. The maximum absolute atomic E-state index is 6.32. The summed E-state index contributed by atoms with van der Waals surface area (Å²) < 4.78 is 11.2. The van der Waals surface area contributed by atoms with Gasteiger partial charge in [0.1, 0.15) is 17.6 Å². The summed E-state index contributed by atoms with van der Waals surface area (Å²) in [6.07, 6.45) is 10.9. The minimum absolute atomic E-state index is 0.0528. The lowest BCUT2D eigenvalue weighted by molar-refractivity contribution is -0.00840. The van der Waals surface area contributed by atoms with E-state index in [0.29, 0.717) is 6.04 Å². The summed E-state index contributed by atoms with van der Waals surface area (Å²) in [6, 6.07) is 6.90. The standard InChI is InChI=1S/C24H29ClN4O2/c1-15-9-19(7-8-31-15)29-23-11-16-10-17(25)3-6-21(16)27-14-22(23)28-24(29)12-18-4-5-20(30-2)13-26-18/h3,5-6,10,13-15,18-19,22-23H,4,7-9,11-12H2,1-2H3/t15-,18?,19-,22?,23?/m1/s1. The molecular weight excluding hydrogens is 412 g/mol. The number of allylic oxidation sites excluding steroid dienone is 1. The van der Waals surface area contributed by atoms with Crippen molar-refractivity contribution in [3.05, 3.63) is 40.6 Å². The van der Waals surface area contributed by atoms with Gasteiger partial charge in [-0.3, -0.25) is 15.0 Å². The number of dihydropyridines is 1. The Kier molecular flexibility index (Phi) is 5.85. The number of hydrogen-bond acceptors (Lipinski definition) is 6. The highest BCUT2D eigenvalue weighted by atomic mass is 35.5. The van der Waals surface area contributed by atoms with E-state index in [9.17, 15) is 0 Å². The van der Waals surface area contributed by atoms with Gasteiger partial charge in [-0.2, -0.15) is 0 Å². The second kappa shape index (κ2) is 8.75. The zero-order chi connectivity index (χ0) is 21.4. The zero-order valence-electron chi connectivity index (χ0n) is 18.1. The molecule has 0 aliphatic carbocycles. The molecule has 7 heteroatoms. The average Bonchev–Trinajstić information content (AvgIpc) is 3.00. The van der Waals surface area contributed by atoms with Gasteiger partial charge in [-0.15, -0.1) is 0 Å². The van der Waals surface area contributed by atoms with E-state index in [1.54, 1.807) is 7.11 Å². The first-order valence-electron chi connectivity index (χ1n) is 11.2. The van der Waals surface area contributed by atoms with Gasteiger partial charge in [0.2, 0.25) is 0 Å². The summed E-state index contributed by atoms with van der Waals surface area (Å²) in [7, 11) is 1.68. The van der Waals surface area contributed by atoms with Crippen LogP contribution in [-0.2, 0) is 15.9 Å². The molecule has 1 saturated heterocycles. The second-order valence-electron chi connectivity index (χ2n) is 8.81. The Labute approximate surface area is 188 Å². The molecule has 0 N–H and O–H groups in total. The summed E-state index contributed by atoms with van der Waals surface area (Å²) in [5.74, 6) is 1.99. The highest BCUT2D eigenvalue weighted by molar-refractivity contribution is 6.30. The minimum atomic E-state index is 0.0528. The van der Waals surface area contributed by atoms with Crippen LogP contribution in [0.2, 0.25) is 5.02 Å². The van der Waals surface area contributed by atoms with Crippen molar-refractivity contribution in [1.82, 2.24) is 4.90 Å². The number of aliphatic imine (C=N–C) groups is 3. The highest BCUT2D eigenvalue weighted by Gasteiger charge is 2.42. The Morgan fingerprint density at radius 2 is 2.23 bits per heavy atom. The lowest BCUT2D eigenvalue weighted by atomic mass is 9.94. The van der Waals surface area contributed by atoms with Crippen LogP contribution in [0, 0.1) is 0 Å². The van der Waals surface area contributed by atoms with Gasteiger partial charge in [0.25, 0.3) is 0 Å². The first-order valence-corrected chi connectivity index (χ1v) is 11.5. The lowest BCUT2D eigenvalue weighted by Gasteiger charge is -2.41. The van der Waals surface area contributed by atoms with Crippen molar-refractivity contribution in [2.75, 3.05) is 13.7 Å². The molecule has 3 unspecified atom stereocenters. The maximum atomic E-state index is 6.32. The summed E-state index contributed by atoms with van der Waals surface area (Å²) in [6.45, 7) is 2.97. The number of hydrogen-bond donors (Lipinski definition) is 0. The van der Waals surface area contributed by atoms with Crippen molar-refractivity contribution in [1.29, 1.82) is 0 Å². The average molecular weight is 441 g/mol. The Bertz CT molecular complexity index is 957. The second-order valence-corrected chi connectivity index (χ2v) is 9.24. The van der Waals surface area contributed by atoms with Gasteiger partial charge in [-0.25, -0.2) is 0 Å². The van der Waals surface area contributed by atoms with Crippen LogP contribution in [0.15, 0.2) is 45.0 Å². The SMILES string of the molecule is COC1=CCC(CC2=NC3C=Nc4ccc(Cl)cc4CC3N2[C@@H]2CCO[C@H](C)C2)N=C1. The van der Waals surface area contributed by atoms with Crippen LogP contribution in [0.1, 0.15) is 38.2 Å². The smallest absolute Gasteiger partial charge is 0.132 e. The van der Waals surface area contributed by atoms with Crippen LogP contribution in [0.5, 0.6) is 0 Å². The Morgan fingerprint density at radius 3 is 3.00 bits per heavy atom. The van der Waals surface area contributed by atoms with E-state index in [0.717, 1.165) is 61.0 Å². The van der Waals surface area contributed by atoms with Crippen molar-refractivity contribution < 1.29 is 9.47 Å². The van der Waals surface area contributed by atoms with Gasteiger partial charge < -0.3 is 14.4 Å². The fourth-order valence-corrected chi connectivity index (χ4v) is 5.35. The predicted molar refractivity (Wildman–Crippen MR) is 125 cm³/mol. The Hall–Kier alpha value is -2.18. The fraction of sp³-hybridized carbons (Fsp3) is 0.542. The van der Waals surface area contributed by atoms with E-state index in [1.165, 1.54) is 5.56 Å². The van der Waals surface area contributed by atoms with Gasteiger partial charge >= 0.3 is 0 Å². The Balaban J connectivity index is 1.43. The number of halogens is 1. The first kappa shape index (κ1) is 20.7. The highest BCUT2D eigenvalue weighted by Crippen LogP contribution is 2.36. The number of fused-ring (bicyclic) bond motifs is 2. The molecule has 4 heterocycles. The van der Waals surface area contributed by atoms with Crippen LogP contribution < -0.4 is 0 Å². The third-order valence-corrected chi connectivity index (χ3v) is 6.93. The molecule has 164 valence electrons. The quantitative estimate of drug-likeness (QED) is 0.698. The number of amidine groups is 1. The van der Waals surface area contributed by atoms with Gasteiger partial charge in [-0.05, 0) is 62.4 Å². The van der Waals surface area contributed by atoms with Gasteiger partial charge in [0.05, 0.1) is 37.2 Å². The van der Waals surface area contributed by atoms with E-state index in [2.05, 4.69) is 24.0 Å². The third kappa shape index (κ3) is 4.28. The molecule has 4 aliphatic rings. The van der Waals surface area contributed by atoms with E-state index < -0.39 is 0 Å². The van der Waals surface area contributed by atoms with Crippen molar-refractivity contribution in [2.45, 2.75) is 69.3 Å². The molecule has 1 aromatic carbocycles. The molecule has 0 saturated carbocycles. The largest absolute Gasteiger partial charge is 0.496 e. The molecule has 4 aliphatic heterocycles. The third-order valence-electron chi connectivity index (χ3n) is 6.69. The monoisotopic (exact) mass is 440 g/mol. The number of ether oxygens (including phenoxy) is 2. The van der Waals surface area contributed by atoms with Crippen molar-refractivity contribution in [3.8, 4) is 0 Å². The Morgan fingerprint density at radius 1 is 1.32 bits per heavy atom. The van der Waals surface area contributed by atoms with Crippen molar-refractivity contribution in [2.24, 2.45) is 15.0 Å². The van der Waals surface area contributed by atoms with E-state index in [4.69, 9.17) is 36.1 Å². The maximum Gasteiger partial charge on any atom is 0.132 e. The van der Waals surface area contributed by atoms with Crippen LogP contribution in [0.3, 0.4) is 0 Å². The number of rotatable bonds is 4. The number of benzene rings is 1. The normalized spacial score (nSPS) is 32.1. The molecule has 5 atom stereocenters. The fourth-order valence-electron chi connectivity index (χ4n) is 5.15. The molecule has 0 radical (unpaired) electrons. The van der Waals surface area contributed by atoms with Crippen LogP contribution >= 0.6 is 11.6 Å². The summed E-state index contributed by atoms with van der Waals surface area (Å²) in [5.41, 5.74) is 2.20. The summed E-state index contributed by atoms with van der Waals surface area (Å²) in [4.78, 5) is 17.3. The molecule has 5 rings (SSSR count). The molecule has 0 aromatic heterocycles. The molecule has 31 heavy (non-hydrogen) atoms. The zero-order valence-corrected chi connectivity index (χ0v) is 18.8. The summed E-state index contributed by atoms with van der Waals surface area (Å²) in [5, 5.41) is 0.759. The lowest BCUT2D eigenvalue weighted by Crippen LogP contribution is -2.51. The van der Waals surface area contributed by atoms with Crippen molar-refractivity contribution >= 4 is 35.6 Å². The van der Waals surface area contributed by atoms with Crippen molar-refractivity contribution in [3.63, 3.8) is 0 Å². The molecule has 6 nitrogen and oxygen atoms in total. The molecule has 0 spiro atoms. The van der Waals surface area contributed by atoms with Crippen LogP contribution in [0.4, 0.5) is 5.69 Å². The van der Waals surface area contributed by atoms with Gasteiger partial charge in [-0.1, -0.05) is 11.6 Å². The molecule has 0 bridgehead atoms. The van der Waals surface area contributed by atoms with E-state index in [-0.39, 0.29) is 24.2 Å². The first-order chi connectivity index (χ1) is 15.1. The predicted octanol–water partition coefficient (Wildman–Crippen LogP) is 4.38. The van der Waals surface area contributed by atoms with E-state index >= 15 is 0 Å². The van der Waals surface area contributed by atoms with E-state index in [1.807, 2.05) is 24.6 Å².